The minimum Gasteiger partial charge on any atom is -0.353 e. The monoisotopic (exact) mass is 251 g/mol. The number of hydrogen-bond donors (Lipinski definition) is 1. The highest BCUT2D eigenvalue weighted by Gasteiger charge is 2.19. The van der Waals surface area contributed by atoms with E-state index in [0.717, 1.165) is 16.8 Å². The third-order valence-corrected chi connectivity index (χ3v) is 3.09. The van der Waals surface area contributed by atoms with Crippen LogP contribution in [0.4, 0.5) is 5.13 Å². The summed E-state index contributed by atoms with van der Waals surface area (Å²) in [6.07, 6.45) is 3.72. The van der Waals surface area contributed by atoms with Crippen LogP contribution < -0.4 is 5.32 Å². The van der Waals surface area contributed by atoms with Crippen LogP contribution in [0.25, 0.3) is 0 Å². The zero-order chi connectivity index (χ0) is 12.5. The number of hydrogen-bond acceptors (Lipinski definition) is 5. The lowest BCUT2D eigenvalue weighted by atomic mass is 9.96. The Hall–Kier alpha value is -1.43. The molecule has 2 rings (SSSR count). The molecule has 0 radical (unpaired) electrons. The van der Waals surface area contributed by atoms with E-state index in [1.54, 1.807) is 6.20 Å². The predicted octanol–water partition coefficient (Wildman–Crippen LogP) is 2.18. The second kappa shape index (κ2) is 4.44. The van der Waals surface area contributed by atoms with Gasteiger partial charge in [0, 0.05) is 36.4 Å². The van der Waals surface area contributed by atoms with Gasteiger partial charge in [-0.05, 0) is 0 Å². The molecule has 0 atom stereocenters. The summed E-state index contributed by atoms with van der Waals surface area (Å²) in [5, 5.41) is 4.09. The van der Waals surface area contributed by atoms with Crippen LogP contribution in [-0.4, -0.2) is 18.9 Å². The van der Waals surface area contributed by atoms with E-state index >= 15 is 0 Å². The van der Waals surface area contributed by atoms with Crippen molar-refractivity contribution in [3.63, 3.8) is 0 Å². The van der Waals surface area contributed by atoms with Crippen molar-refractivity contribution in [2.75, 3.05) is 5.32 Å². The predicted molar refractivity (Wildman–Crippen MR) is 69.1 cm³/mol. The highest BCUT2D eigenvalue weighted by Crippen LogP contribution is 2.23. The fraction of sp³-hybridized carbons (Fsp3) is 0.545. The standard InChI is InChI=1S/C11H17N5S/c1-11(2,3)9-14-10(17-15-9)13-7-8-12-5-6-16(8)4/h5-6H,7H2,1-4H3,(H,13,14,15). The van der Waals surface area contributed by atoms with E-state index in [1.807, 2.05) is 17.8 Å². The van der Waals surface area contributed by atoms with Gasteiger partial charge in [0.25, 0.3) is 0 Å². The zero-order valence-electron chi connectivity index (χ0n) is 10.6. The number of rotatable bonds is 3. The summed E-state index contributed by atoms with van der Waals surface area (Å²) < 4.78 is 6.34. The highest BCUT2D eigenvalue weighted by molar-refractivity contribution is 7.09. The van der Waals surface area contributed by atoms with Crippen LogP contribution in [-0.2, 0) is 19.0 Å². The maximum Gasteiger partial charge on any atom is 0.202 e. The fourth-order valence-electron chi connectivity index (χ4n) is 1.32. The number of aryl methyl sites for hydroxylation is 1. The molecule has 2 aromatic rings. The molecular weight excluding hydrogens is 234 g/mol. The van der Waals surface area contributed by atoms with Crippen molar-refractivity contribution >= 4 is 16.7 Å². The largest absolute Gasteiger partial charge is 0.353 e. The Bertz CT molecular complexity index is 494. The van der Waals surface area contributed by atoms with Crippen molar-refractivity contribution in [3.05, 3.63) is 24.0 Å². The Morgan fingerprint density at radius 2 is 2.18 bits per heavy atom. The van der Waals surface area contributed by atoms with Crippen LogP contribution in [0.3, 0.4) is 0 Å². The lowest BCUT2D eigenvalue weighted by Gasteiger charge is -2.12. The van der Waals surface area contributed by atoms with Gasteiger partial charge in [-0.25, -0.2) is 9.97 Å². The summed E-state index contributed by atoms with van der Waals surface area (Å²) in [6.45, 7) is 7.00. The minimum atomic E-state index is -0.000344. The van der Waals surface area contributed by atoms with Gasteiger partial charge in [0.1, 0.15) is 11.6 Å². The molecule has 6 heteroatoms. The molecule has 5 nitrogen and oxygen atoms in total. The van der Waals surface area contributed by atoms with Gasteiger partial charge < -0.3 is 9.88 Å². The van der Waals surface area contributed by atoms with Crippen molar-refractivity contribution in [1.29, 1.82) is 0 Å². The maximum absolute atomic E-state index is 4.47. The molecule has 1 N–H and O–H groups in total. The van der Waals surface area contributed by atoms with Gasteiger partial charge in [0.05, 0.1) is 6.54 Å². The molecule has 0 fully saturated rings. The Morgan fingerprint density at radius 3 is 2.71 bits per heavy atom. The minimum absolute atomic E-state index is 0.000344. The van der Waals surface area contributed by atoms with Gasteiger partial charge in [0.15, 0.2) is 0 Å². The second-order valence-electron chi connectivity index (χ2n) is 4.98. The van der Waals surface area contributed by atoms with Crippen LogP contribution >= 0.6 is 11.5 Å². The highest BCUT2D eigenvalue weighted by atomic mass is 32.1. The van der Waals surface area contributed by atoms with Crippen LogP contribution in [0.1, 0.15) is 32.4 Å². The fourth-order valence-corrected chi connectivity index (χ4v) is 2.07. The normalized spacial score (nSPS) is 11.8. The third-order valence-electron chi connectivity index (χ3n) is 2.42. The van der Waals surface area contributed by atoms with Crippen LogP contribution in [0.15, 0.2) is 12.4 Å². The maximum atomic E-state index is 4.47. The van der Waals surface area contributed by atoms with Gasteiger partial charge in [0.2, 0.25) is 5.13 Å². The first kappa shape index (κ1) is 12.0. The van der Waals surface area contributed by atoms with Crippen LogP contribution in [0.5, 0.6) is 0 Å². The molecule has 17 heavy (non-hydrogen) atoms. The molecule has 0 aliphatic carbocycles. The number of imidazole rings is 1. The molecule has 0 saturated carbocycles. The lowest BCUT2D eigenvalue weighted by molar-refractivity contribution is 0.555. The van der Waals surface area contributed by atoms with Gasteiger partial charge in [-0.15, -0.1) is 0 Å². The lowest BCUT2D eigenvalue weighted by Crippen LogP contribution is -2.13. The van der Waals surface area contributed by atoms with Gasteiger partial charge in [-0.3, -0.25) is 0 Å². The molecule has 0 spiro atoms. The molecule has 2 heterocycles. The van der Waals surface area contributed by atoms with Gasteiger partial charge >= 0.3 is 0 Å². The van der Waals surface area contributed by atoms with E-state index in [1.165, 1.54) is 11.5 Å². The van der Waals surface area contributed by atoms with E-state index < -0.39 is 0 Å². The van der Waals surface area contributed by atoms with Crippen LogP contribution in [0.2, 0.25) is 0 Å². The summed E-state index contributed by atoms with van der Waals surface area (Å²) in [7, 11) is 1.98. The summed E-state index contributed by atoms with van der Waals surface area (Å²) >= 11 is 1.39. The molecular formula is C11H17N5S. The van der Waals surface area contributed by atoms with Crippen molar-refractivity contribution < 1.29 is 0 Å². The molecule has 2 aromatic heterocycles. The van der Waals surface area contributed by atoms with E-state index in [9.17, 15) is 0 Å². The Kier molecular flexibility index (Phi) is 3.15. The van der Waals surface area contributed by atoms with E-state index in [-0.39, 0.29) is 5.41 Å². The van der Waals surface area contributed by atoms with Crippen molar-refractivity contribution in [1.82, 2.24) is 18.9 Å². The Balaban J connectivity index is 2.01. The van der Waals surface area contributed by atoms with Gasteiger partial charge in [-0.2, -0.15) is 4.37 Å². The van der Waals surface area contributed by atoms with E-state index in [0.29, 0.717) is 6.54 Å². The first-order valence-corrected chi connectivity index (χ1v) is 6.28. The summed E-state index contributed by atoms with van der Waals surface area (Å²) in [4.78, 5) is 8.71. The third kappa shape index (κ3) is 2.82. The number of nitrogens with zero attached hydrogens (tertiary/aromatic N) is 4. The quantitative estimate of drug-likeness (QED) is 0.908. The zero-order valence-corrected chi connectivity index (χ0v) is 11.4. The number of anilines is 1. The molecule has 92 valence electrons. The average Bonchev–Trinajstić information content (AvgIpc) is 2.82. The van der Waals surface area contributed by atoms with Crippen molar-refractivity contribution in [2.45, 2.75) is 32.7 Å². The van der Waals surface area contributed by atoms with Gasteiger partial charge in [-0.1, -0.05) is 20.8 Å². The Labute approximate surface area is 105 Å². The van der Waals surface area contributed by atoms with Crippen molar-refractivity contribution in [3.8, 4) is 0 Å². The molecule has 0 bridgehead atoms. The molecule has 0 saturated heterocycles. The van der Waals surface area contributed by atoms with E-state index in [4.69, 9.17) is 0 Å². The Morgan fingerprint density at radius 1 is 1.41 bits per heavy atom. The number of nitrogens with one attached hydrogen (secondary N) is 1. The summed E-state index contributed by atoms with van der Waals surface area (Å²) in [5.74, 6) is 1.86. The topological polar surface area (TPSA) is 55.6 Å². The summed E-state index contributed by atoms with van der Waals surface area (Å²) in [5.41, 5.74) is -0.000344. The molecule has 0 aromatic carbocycles. The summed E-state index contributed by atoms with van der Waals surface area (Å²) in [6, 6.07) is 0. The average molecular weight is 251 g/mol. The number of aromatic nitrogens is 4. The van der Waals surface area contributed by atoms with Crippen LogP contribution in [0, 0.1) is 0 Å². The molecule has 0 unspecified atom stereocenters. The first-order valence-electron chi connectivity index (χ1n) is 5.51. The molecule has 0 aliphatic heterocycles. The molecule has 0 aliphatic rings. The van der Waals surface area contributed by atoms with Crippen molar-refractivity contribution in [2.24, 2.45) is 7.05 Å². The first-order chi connectivity index (χ1) is 7.97. The second-order valence-corrected chi connectivity index (χ2v) is 5.73. The molecule has 0 amide bonds. The van der Waals surface area contributed by atoms with E-state index in [2.05, 4.69) is 40.4 Å². The SMILES string of the molecule is Cn1ccnc1CNc1nc(C(C)(C)C)ns1. The smallest absolute Gasteiger partial charge is 0.202 e.